The van der Waals surface area contributed by atoms with Gasteiger partial charge in [-0.1, -0.05) is 12.8 Å². The van der Waals surface area contributed by atoms with Gasteiger partial charge in [-0.2, -0.15) is 0 Å². The van der Waals surface area contributed by atoms with Gasteiger partial charge in [-0.3, -0.25) is 0 Å². The molecule has 0 radical (unpaired) electrons. The lowest BCUT2D eigenvalue weighted by Gasteiger charge is -2.41. The van der Waals surface area contributed by atoms with Gasteiger partial charge in [0, 0.05) is 31.7 Å². The molecule has 1 saturated carbocycles. The van der Waals surface area contributed by atoms with E-state index < -0.39 is 5.60 Å². The molecular formula is C15H30N2O2. The summed E-state index contributed by atoms with van der Waals surface area (Å²) in [5.74, 6) is 0. The molecule has 0 spiro atoms. The summed E-state index contributed by atoms with van der Waals surface area (Å²) in [6.45, 7) is 4.56. The quantitative estimate of drug-likeness (QED) is 0.762. The molecule has 1 heterocycles. The van der Waals surface area contributed by atoms with Crippen LogP contribution in [0.1, 0.15) is 38.5 Å². The molecule has 4 heteroatoms. The summed E-state index contributed by atoms with van der Waals surface area (Å²) < 4.78 is 5.70. The normalized spacial score (nSPS) is 30.9. The Morgan fingerprint density at radius 2 is 1.89 bits per heavy atom. The lowest BCUT2D eigenvalue weighted by Crippen LogP contribution is -2.50. The first kappa shape index (κ1) is 15.2. The molecule has 112 valence electrons. The van der Waals surface area contributed by atoms with Gasteiger partial charge in [-0.05, 0) is 39.8 Å². The monoisotopic (exact) mass is 270 g/mol. The number of likely N-dealkylation sites (N-methyl/N-ethyl adjacent to an activating group) is 1. The third-order valence-corrected chi connectivity index (χ3v) is 4.66. The van der Waals surface area contributed by atoms with Gasteiger partial charge in [0.05, 0.1) is 12.2 Å². The van der Waals surface area contributed by atoms with Crippen molar-refractivity contribution < 1.29 is 9.84 Å². The van der Waals surface area contributed by atoms with E-state index in [1.54, 1.807) is 0 Å². The topological polar surface area (TPSA) is 44.7 Å². The van der Waals surface area contributed by atoms with Crippen LogP contribution in [0.5, 0.6) is 0 Å². The molecule has 2 N–H and O–H groups in total. The summed E-state index contributed by atoms with van der Waals surface area (Å²) >= 11 is 0. The van der Waals surface area contributed by atoms with Gasteiger partial charge >= 0.3 is 0 Å². The van der Waals surface area contributed by atoms with Crippen molar-refractivity contribution in [2.45, 2.75) is 44.1 Å². The molecule has 19 heavy (non-hydrogen) atoms. The van der Waals surface area contributed by atoms with Crippen molar-refractivity contribution in [3.63, 3.8) is 0 Å². The highest BCUT2D eigenvalue weighted by Gasteiger charge is 2.37. The van der Waals surface area contributed by atoms with E-state index in [0.717, 1.165) is 52.1 Å². The molecule has 1 atom stereocenters. The second-order valence-electron chi connectivity index (χ2n) is 6.79. The van der Waals surface area contributed by atoms with Gasteiger partial charge in [0.1, 0.15) is 0 Å². The van der Waals surface area contributed by atoms with Gasteiger partial charge in [0.15, 0.2) is 0 Å². The number of nitrogens with zero attached hydrogens (tertiary/aromatic N) is 1. The number of hydrogen-bond acceptors (Lipinski definition) is 4. The lowest BCUT2D eigenvalue weighted by atomic mass is 9.81. The molecule has 2 rings (SSSR count). The second kappa shape index (κ2) is 6.53. The smallest absolute Gasteiger partial charge is 0.0774 e. The second-order valence-corrected chi connectivity index (χ2v) is 6.79. The number of rotatable bonds is 6. The summed E-state index contributed by atoms with van der Waals surface area (Å²) in [4.78, 5) is 2.32. The summed E-state index contributed by atoms with van der Waals surface area (Å²) in [6, 6.07) is 0. The van der Waals surface area contributed by atoms with E-state index in [4.69, 9.17) is 4.74 Å². The van der Waals surface area contributed by atoms with Gasteiger partial charge < -0.3 is 20.1 Å². The van der Waals surface area contributed by atoms with Crippen LogP contribution in [0, 0.1) is 5.41 Å². The van der Waals surface area contributed by atoms with Crippen LogP contribution in [0.25, 0.3) is 0 Å². The van der Waals surface area contributed by atoms with Gasteiger partial charge in [-0.15, -0.1) is 0 Å². The van der Waals surface area contributed by atoms with E-state index in [1.807, 2.05) is 7.05 Å². The Balaban J connectivity index is 1.89. The number of hydrogen-bond donors (Lipinski definition) is 2. The van der Waals surface area contributed by atoms with Crippen molar-refractivity contribution in [2.24, 2.45) is 5.41 Å². The fourth-order valence-electron chi connectivity index (χ4n) is 3.93. The molecule has 0 amide bonds. The first-order valence-electron chi connectivity index (χ1n) is 7.71. The molecular weight excluding hydrogens is 240 g/mol. The molecule has 0 bridgehead atoms. The molecule has 1 unspecified atom stereocenters. The Morgan fingerprint density at radius 3 is 2.47 bits per heavy atom. The van der Waals surface area contributed by atoms with E-state index in [0.29, 0.717) is 0 Å². The maximum absolute atomic E-state index is 10.5. The molecule has 1 aliphatic heterocycles. The maximum atomic E-state index is 10.5. The van der Waals surface area contributed by atoms with Crippen LogP contribution in [0.3, 0.4) is 0 Å². The van der Waals surface area contributed by atoms with Crippen molar-refractivity contribution in [3.8, 4) is 0 Å². The van der Waals surface area contributed by atoms with Crippen molar-refractivity contribution >= 4 is 0 Å². The standard InChI is InChI=1S/C15H30N2O2/c1-16-10-14(6-5-9-19-13-14)11-17(2)12-15(18)7-3-4-8-15/h16,18H,3-13H2,1-2H3. The largest absolute Gasteiger partial charge is 0.389 e. The van der Waals surface area contributed by atoms with Gasteiger partial charge in [0.2, 0.25) is 0 Å². The first-order valence-corrected chi connectivity index (χ1v) is 7.71. The lowest BCUT2D eigenvalue weighted by molar-refractivity contribution is -0.0403. The SMILES string of the molecule is CNCC1(CN(C)CC2(O)CCCC2)CCCOC1. The molecule has 0 aromatic rings. The molecule has 4 nitrogen and oxygen atoms in total. The van der Waals surface area contributed by atoms with Crippen molar-refractivity contribution in [1.29, 1.82) is 0 Å². The average Bonchev–Trinajstić information content (AvgIpc) is 2.76. The molecule has 2 fully saturated rings. The Kier molecular flexibility index (Phi) is 5.23. The Labute approximate surface area is 117 Å². The van der Waals surface area contributed by atoms with Crippen LogP contribution < -0.4 is 5.32 Å². The summed E-state index contributed by atoms with van der Waals surface area (Å²) in [6.07, 6.45) is 6.65. The van der Waals surface area contributed by atoms with Gasteiger partial charge in [0.25, 0.3) is 0 Å². The zero-order valence-electron chi connectivity index (χ0n) is 12.6. The summed E-state index contributed by atoms with van der Waals surface area (Å²) in [7, 11) is 4.16. The number of nitrogens with one attached hydrogen (secondary N) is 1. The summed E-state index contributed by atoms with van der Waals surface area (Å²) in [5, 5.41) is 13.8. The highest BCUT2D eigenvalue weighted by atomic mass is 16.5. The minimum atomic E-state index is -0.439. The Hall–Kier alpha value is -0.160. The Bertz CT molecular complexity index is 266. The third-order valence-electron chi connectivity index (χ3n) is 4.66. The minimum Gasteiger partial charge on any atom is -0.389 e. The van der Waals surface area contributed by atoms with E-state index >= 15 is 0 Å². The minimum absolute atomic E-state index is 0.219. The zero-order valence-corrected chi connectivity index (χ0v) is 12.6. The van der Waals surface area contributed by atoms with Crippen molar-refractivity contribution in [2.75, 3.05) is 46.9 Å². The predicted octanol–water partition coefficient (Wildman–Crippen LogP) is 1.24. The van der Waals surface area contributed by atoms with Crippen LogP contribution in [-0.2, 0) is 4.74 Å². The van der Waals surface area contributed by atoms with Crippen molar-refractivity contribution in [1.82, 2.24) is 10.2 Å². The van der Waals surface area contributed by atoms with Crippen LogP contribution in [0.2, 0.25) is 0 Å². The van der Waals surface area contributed by atoms with Gasteiger partial charge in [-0.25, -0.2) is 0 Å². The average molecular weight is 270 g/mol. The van der Waals surface area contributed by atoms with Crippen LogP contribution in [0.4, 0.5) is 0 Å². The highest BCUT2D eigenvalue weighted by Crippen LogP contribution is 2.32. The van der Waals surface area contributed by atoms with E-state index in [-0.39, 0.29) is 5.41 Å². The highest BCUT2D eigenvalue weighted by molar-refractivity contribution is 4.91. The fraction of sp³-hybridized carbons (Fsp3) is 1.00. The Morgan fingerprint density at radius 1 is 1.16 bits per heavy atom. The molecule has 1 saturated heterocycles. The fourth-order valence-corrected chi connectivity index (χ4v) is 3.93. The molecule has 2 aliphatic rings. The summed E-state index contributed by atoms with van der Waals surface area (Å²) in [5.41, 5.74) is -0.220. The third kappa shape index (κ3) is 4.15. The predicted molar refractivity (Wildman–Crippen MR) is 77.3 cm³/mol. The number of aliphatic hydroxyl groups is 1. The number of ether oxygens (including phenoxy) is 1. The zero-order chi connectivity index (χ0) is 13.8. The van der Waals surface area contributed by atoms with Crippen LogP contribution in [0.15, 0.2) is 0 Å². The van der Waals surface area contributed by atoms with E-state index in [9.17, 15) is 5.11 Å². The van der Waals surface area contributed by atoms with Crippen LogP contribution in [-0.4, -0.2) is 62.6 Å². The maximum Gasteiger partial charge on any atom is 0.0774 e. The van der Waals surface area contributed by atoms with Crippen LogP contribution >= 0.6 is 0 Å². The molecule has 0 aromatic heterocycles. The molecule has 1 aliphatic carbocycles. The molecule has 0 aromatic carbocycles. The van der Waals surface area contributed by atoms with E-state index in [1.165, 1.54) is 19.3 Å². The first-order chi connectivity index (χ1) is 9.08. The van der Waals surface area contributed by atoms with Crippen molar-refractivity contribution in [3.05, 3.63) is 0 Å². The van der Waals surface area contributed by atoms with E-state index in [2.05, 4.69) is 17.3 Å².